The molecule has 0 unspecified atom stereocenters. The number of hydrogen-bond acceptors (Lipinski definition) is 6. The normalized spacial score (nSPS) is 14.1. The van der Waals surface area contributed by atoms with Gasteiger partial charge in [-0.05, 0) is 43.5 Å². The fourth-order valence-corrected chi connectivity index (χ4v) is 4.29. The molecule has 8 nitrogen and oxygen atoms in total. The second kappa shape index (κ2) is 6.17. The number of benzene rings is 1. The molecule has 0 heterocycles. The van der Waals surface area contributed by atoms with Crippen molar-refractivity contribution < 1.29 is 33.0 Å². The summed E-state index contributed by atoms with van der Waals surface area (Å²) in [6.07, 6.45) is -1.26. The molecule has 0 aliphatic heterocycles. The number of ether oxygens (including phenoxy) is 1. The molecule has 4 N–H and O–H groups in total. The molecular weight excluding hydrogens is 326 g/mol. The van der Waals surface area contributed by atoms with E-state index >= 15 is 0 Å². The van der Waals surface area contributed by atoms with Gasteiger partial charge in [0.2, 0.25) is 14.7 Å². The lowest BCUT2D eigenvalue weighted by molar-refractivity contribution is -0.146. The average Bonchev–Trinajstić information content (AvgIpc) is 2.41. The van der Waals surface area contributed by atoms with E-state index in [1.165, 1.54) is 27.0 Å². The minimum absolute atomic E-state index is 0.228. The monoisotopic (exact) mass is 345 g/mol. The summed E-state index contributed by atoms with van der Waals surface area (Å²) < 4.78 is 30.8. The molecule has 0 bridgehead atoms. The van der Waals surface area contributed by atoms with Crippen molar-refractivity contribution in [3.8, 4) is 5.75 Å². The lowest BCUT2D eigenvalue weighted by atomic mass is 10.1. The van der Waals surface area contributed by atoms with Gasteiger partial charge < -0.3 is 20.7 Å². The molecule has 0 radical (unpaired) electrons. The summed E-state index contributed by atoms with van der Waals surface area (Å²) in [6, 6.07) is 1.44. The third-order valence-electron chi connectivity index (χ3n) is 3.72. The van der Waals surface area contributed by atoms with Crippen LogP contribution in [-0.4, -0.2) is 42.6 Å². The van der Waals surface area contributed by atoms with E-state index in [1.54, 1.807) is 6.92 Å². The summed E-state index contributed by atoms with van der Waals surface area (Å²) in [5.41, 5.74) is 6.51. The maximum absolute atomic E-state index is 12.8. The van der Waals surface area contributed by atoms with Crippen molar-refractivity contribution in [2.75, 3.05) is 7.11 Å². The van der Waals surface area contributed by atoms with E-state index in [0.29, 0.717) is 11.3 Å². The van der Waals surface area contributed by atoms with E-state index in [-0.39, 0.29) is 16.0 Å². The Balaban J connectivity index is 3.77. The van der Waals surface area contributed by atoms with E-state index in [4.69, 9.17) is 15.6 Å². The zero-order valence-electron chi connectivity index (χ0n) is 13.2. The smallest absolute Gasteiger partial charge is 0.340 e. The highest BCUT2D eigenvalue weighted by molar-refractivity contribution is 7.93. The van der Waals surface area contributed by atoms with Crippen LogP contribution in [0.25, 0.3) is 0 Å². The largest absolute Gasteiger partial charge is 0.496 e. The first kappa shape index (κ1) is 18.9. The van der Waals surface area contributed by atoms with Crippen LogP contribution >= 0.6 is 0 Å². The van der Waals surface area contributed by atoms with Gasteiger partial charge in [0.1, 0.15) is 5.75 Å². The number of sulfone groups is 1. The van der Waals surface area contributed by atoms with Crippen LogP contribution < -0.4 is 10.5 Å². The molecule has 23 heavy (non-hydrogen) atoms. The summed E-state index contributed by atoms with van der Waals surface area (Å²) in [6.45, 7) is 4.56. The van der Waals surface area contributed by atoms with Gasteiger partial charge in [0.15, 0.2) is 0 Å². The Bertz CT molecular complexity index is 770. The SMILES string of the molecule is COc1cc(C)c(S(=O)(=O)[C@](N)(CC(=O)O)C(=O)O)c(C)c1C. The van der Waals surface area contributed by atoms with E-state index in [0.717, 1.165) is 0 Å². The summed E-state index contributed by atoms with van der Waals surface area (Å²) in [4.78, 5) is 19.1. The van der Waals surface area contributed by atoms with Gasteiger partial charge in [-0.15, -0.1) is 0 Å². The van der Waals surface area contributed by atoms with Crippen LogP contribution in [0, 0.1) is 20.8 Å². The fraction of sp³-hybridized carbons (Fsp3) is 0.429. The second-order valence-corrected chi connectivity index (χ2v) is 7.39. The van der Waals surface area contributed by atoms with Gasteiger partial charge >= 0.3 is 11.9 Å². The molecular formula is C14H19NO7S. The molecule has 0 spiro atoms. The van der Waals surface area contributed by atoms with Gasteiger partial charge in [0.05, 0.1) is 18.4 Å². The number of hydrogen-bond donors (Lipinski definition) is 3. The van der Waals surface area contributed by atoms with Crippen molar-refractivity contribution in [2.45, 2.75) is 37.0 Å². The van der Waals surface area contributed by atoms with E-state index < -0.39 is 33.1 Å². The van der Waals surface area contributed by atoms with Gasteiger partial charge in [-0.1, -0.05) is 0 Å². The van der Waals surface area contributed by atoms with Crippen molar-refractivity contribution >= 4 is 21.8 Å². The highest BCUT2D eigenvalue weighted by Gasteiger charge is 2.51. The third-order valence-corrected chi connectivity index (χ3v) is 6.17. The number of aryl methyl sites for hydroxylation is 1. The van der Waals surface area contributed by atoms with E-state index in [9.17, 15) is 23.1 Å². The third kappa shape index (κ3) is 3.02. The van der Waals surface area contributed by atoms with Crippen molar-refractivity contribution in [2.24, 2.45) is 5.73 Å². The van der Waals surface area contributed by atoms with Crippen LogP contribution in [0.1, 0.15) is 23.1 Å². The number of carboxylic acids is 2. The first-order valence-corrected chi connectivity index (χ1v) is 8.02. The second-order valence-electron chi connectivity index (χ2n) is 5.24. The van der Waals surface area contributed by atoms with Gasteiger partial charge in [-0.2, -0.15) is 0 Å². The Hall–Kier alpha value is -2.13. The van der Waals surface area contributed by atoms with Gasteiger partial charge in [0, 0.05) is 0 Å². The number of aliphatic carboxylic acids is 2. The first-order chi connectivity index (χ1) is 10.4. The Morgan fingerprint density at radius 1 is 1.22 bits per heavy atom. The van der Waals surface area contributed by atoms with Crippen LogP contribution in [0.3, 0.4) is 0 Å². The lowest BCUT2D eigenvalue weighted by Gasteiger charge is -2.26. The predicted molar refractivity (Wildman–Crippen MR) is 81.2 cm³/mol. The highest BCUT2D eigenvalue weighted by Crippen LogP contribution is 2.35. The predicted octanol–water partition coefficient (Wildman–Crippen LogP) is 0.608. The zero-order valence-corrected chi connectivity index (χ0v) is 14.0. The molecule has 0 amide bonds. The molecule has 0 fully saturated rings. The summed E-state index contributed by atoms with van der Waals surface area (Å²) in [5.74, 6) is -3.11. The van der Waals surface area contributed by atoms with E-state index in [1.807, 2.05) is 0 Å². The molecule has 0 aliphatic rings. The number of carbonyl (C=O) groups is 2. The minimum Gasteiger partial charge on any atom is -0.496 e. The van der Waals surface area contributed by atoms with Crippen LogP contribution in [0.5, 0.6) is 5.75 Å². The van der Waals surface area contributed by atoms with Crippen molar-refractivity contribution in [3.63, 3.8) is 0 Å². The summed E-state index contributed by atoms with van der Waals surface area (Å²) in [7, 11) is -3.24. The first-order valence-electron chi connectivity index (χ1n) is 6.53. The number of carboxylic acid groups (broad SMARTS) is 2. The topological polar surface area (TPSA) is 144 Å². The van der Waals surface area contributed by atoms with Gasteiger partial charge in [-0.25, -0.2) is 13.2 Å². The summed E-state index contributed by atoms with van der Waals surface area (Å²) >= 11 is 0. The number of rotatable bonds is 6. The van der Waals surface area contributed by atoms with Gasteiger partial charge in [0.25, 0.3) is 0 Å². The minimum atomic E-state index is -4.66. The van der Waals surface area contributed by atoms with Crippen LogP contribution in [-0.2, 0) is 19.4 Å². The molecule has 0 saturated heterocycles. The van der Waals surface area contributed by atoms with E-state index in [2.05, 4.69) is 0 Å². The number of methoxy groups -OCH3 is 1. The summed E-state index contributed by atoms with van der Waals surface area (Å²) in [5, 5.41) is 18.1. The Labute approximate surface area is 133 Å². The molecule has 0 saturated carbocycles. The van der Waals surface area contributed by atoms with Gasteiger partial charge in [-0.3, -0.25) is 4.79 Å². The molecule has 0 aliphatic carbocycles. The Morgan fingerprint density at radius 3 is 2.13 bits per heavy atom. The molecule has 1 rings (SSSR count). The maximum atomic E-state index is 12.8. The highest BCUT2D eigenvalue weighted by atomic mass is 32.2. The van der Waals surface area contributed by atoms with Crippen LogP contribution in [0.15, 0.2) is 11.0 Å². The van der Waals surface area contributed by atoms with Crippen LogP contribution in [0.4, 0.5) is 0 Å². The standard InChI is InChI=1S/C14H19NO7S/c1-7-5-10(22-4)8(2)9(3)12(7)23(20,21)14(15,13(18)19)6-11(16)17/h5H,6,15H2,1-4H3,(H,16,17)(H,18,19)/t14-/m1/s1. The average molecular weight is 345 g/mol. The maximum Gasteiger partial charge on any atom is 0.340 e. The number of nitrogens with two attached hydrogens (primary N) is 1. The fourth-order valence-electron chi connectivity index (χ4n) is 2.34. The Morgan fingerprint density at radius 2 is 1.74 bits per heavy atom. The zero-order chi connectivity index (χ0) is 18.2. The quantitative estimate of drug-likeness (QED) is 0.680. The van der Waals surface area contributed by atoms with Crippen molar-refractivity contribution in [1.82, 2.24) is 0 Å². The van der Waals surface area contributed by atoms with Crippen molar-refractivity contribution in [3.05, 3.63) is 22.8 Å². The molecule has 1 aromatic carbocycles. The molecule has 9 heteroatoms. The Kier molecular flexibility index (Phi) is 5.07. The van der Waals surface area contributed by atoms with Crippen LogP contribution in [0.2, 0.25) is 0 Å². The molecule has 1 aromatic rings. The molecule has 0 aromatic heterocycles. The van der Waals surface area contributed by atoms with Crippen molar-refractivity contribution in [1.29, 1.82) is 0 Å². The molecule has 1 atom stereocenters. The lowest BCUT2D eigenvalue weighted by Crippen LogP contribution is -2.56. The molecule has 128 valence electrons.